The third-order valence-corrected chi connectivity index (χ3v) is 9.99. The smallest absolute Gasteiger partial charge is 0.210 e. The first-order chi connectivity index (χ1) is 16.1. The van der Waals surface area contributed by atoms with Gasteiger partial charge in [-0.15, -0.1) is 0 Å². The van der Waals surface area contributed by atoms with E-state index in [1.165, 1.54) is 44.1 Å². The lowest BCUT2D eigenvalue weighted by Crippen LogP contribution is -2.59. The molecule has 6 saturated carbocycles. The molecular weight excluding hydrogens is 414 g/mol. The van der Waals surface area contributed by atoms with Crippen molar-refractivity contribution in [3.05, 3.63) is 29.8 Å². The Hall–Kier alpha value is -1.14. The molecule has 1 aromatic rings. The molecule has 2 atom stereocenters. The van der Waals surface area contributed by atoms with Gasteiger partial charge in [0.25, 0.3) is 0 Å². The largest absolute Gasteiger partial charge is 0.490 e. The number of nitrogens with two attached hydrogens (primary N) is 1. The fourth-order valence-corrected chi connectivity index (χ4v) is 8.48. The minimum Gasteiger partial charge on any atom is -0.490 e. The van der Waals surface area contributed by atoms with Crippen molar-refractivity contribution in [2.75, 3.05) is 0 Å². The molecule has 0 aromatic heterocycles. The number of rotatable bonds is 3. The number of ether oxygens (including phenoxy) is 2. The second-order valence-corrected chi connectivity index (χ2v) is 12.2. The van der Waals surface area contributed by atoms with Gasteiger partial charge in [-0.05, 0) is 106 Å². The molecule has 5 heteroatoms. The first kappa shape index (κ1) is 21.2. The van der Waals surface area contributed by atoms with Gasteiger partial charge in [0.05, 0.1) is 6.10 Å². The van der Waals surface area contributed by atoms with E-state index in [0.717, 1.165) is 62.5 Å². The lowest BCUT2D eigenvalue weighted by Gasteiger charge is -2.57. The van der Waals surface area contributed by atoms with Crippen LogP contribution in [0.4, 0.5) is 0 Å². The Bertz CT molecular complexity index is 835. The molecule has 0 radical (unpaired) electrons. The van der Waals surface area contributed by atoms with E-state index in [1.807, 2.05) is 0 Å². The highest BCUT2D eigenvalue weighted by molar-refractivity contribution is 5.30. The quantitative estimate of drug-likeness (QED) is 0.584. The maximum absolute atomic E-state index is 6.96. The summed E-state index contributed by atoms with van der Waals surface area (Å²) in [6.45, 7) is 0. The van der Waals surface area contributed by atoms with Gasteiger partial charge in [0.1, 0.15) is 5.75 Å². The summed E-state index contributed by atoms with van der Waals surface area (Å²) in [5, 5.41) is 0. The van der Waals surface area contributed by atoms with Crippen LogP contribution in [-0.2, 0) is 14.5 Å². The molecule has 1 saturated heterocycles. The zero-order valence-corrected chi connectivity index (χ0v) is 19.8. The van der Waals surface area contributed by atoms with Crippen molar-refractivity contribution in [3.8, 4) is 5.75 Å². The van der Waals surface area contributed by atoms with Crippen LogP contribution in [0.25, 0.3) is 0 Å². The molecule has 7 aliphatic rings. The predicted molar refractivity (Wildman–Crippen MR) is 124 cm³/mol. The summed E-state index contributed by atoms with van der Waals surface area (Å²) in [5.41, 5.74) is 7.40. The van der Waals surface area contributed by atoms with Crippen molar-refractivity contribution in [2.24, 2.45) is 29.4 Å². The minimum absolute atomic E-state index is 0.309. The van der Waals surface area contributed by atoms with Gasteiger partial charge >= 0.3 is 0 Å². The van der Waals surface area contributed by atoms with Crippen molar-refractivity contribution in [1.82, 2.24) is 0 Å². The number of hydrogen-bond donors (Lipinski definition) is 1. The second kappa shape index (κ2) is 7.94. The van der Waals surface area contributed by atoms with Crippen molar-refractivity contribution < 1.29 is 19.2 Å². The fourth-order valence-electron chi connectivity index (χ4n) is 8.48. The highest BCUT2D eigenvalue weighted by Gasteiger charge is 2.67. The fraction of sp³-hybridized carbons (Fsp3) is 0.786. The average molecular weight is 454 g/mol. The number of benzene rings is 1. The molecule has 1 aliphatic heterocycles. The van der Waals surface area contributed by atoms with Crippen LogP contribution in [0.15, 0.2) is 24.3 Å². The highest BCUT2D eigenvalue weighted by atomic mass is 17.3. The zero-order chi connectivity index (χ0) is 22.0. The van der Waals surface area contributed by atoms with Gasteiger partial charge in [0.15, 0.2) is 0 Å². The number of hydrogen-bond acceptors (Lipinski definition) is 5. The lowest BCUT2D eigenvalue weighted by molar-refractivity contribution is -0.390. The molecule has 4 bridgehead atoms. The topological polar surface area (TPSA) is 62.9 Å². The standard InChI is InChI=1S/C28H39NO4/c29-24-5-9-26(10-6-24)30-25-7-3-20(4-8-25)21-2-1-11-27(17-21)31-28(33-32-27)22-13-18-12-19(15-22)16-23(28)14-18/h3-4,7-8,18-19,21-24,26H,1-2,5-6,9-17,29H2/t18?,19?,21-,22?,23?,24?,26?,27-,28?/m1/s1. The first-order valence-corrected chi connectivity index (χ1v) is 13.7. The lowest BCUT2D eigenvalue weighted by atomic mass is 9.53. The second-order valence-electron chi connectivity index (χ2n) is 12.2. The van der Waals surface area contributed by atoms with Crippen LogP contribution in [0.1, 0.15) is 95.0 Å². The van der Waals surface area contributed by atoms with Gasteiger partial charge in [-0.2, -0.15) is 9.78 Å². The molecule has 0 amide bonds. The molecule has 33 heavy (non-hydrogen) atoms. The van der Waals surface area contributed by atoms with Crippen LogP contribution < -0.4 is 10.5 Å². The van der Waals surface area contributed by atoms with Crippen LogP contribution in [0.3, 0.4) is 0 Å². The summed E-state index contributed by atoms with van der Waals surface area (Å²) < 4.78 is 13.2. The van der Waals surface area contributed by atoms with E-state index in [1.54, 1.807) is 0 Å². The molecule has 0 unspecified atom stereocenters. The van der Waals surface area contributed by atoms with Crippen molar-refractivity contribution >= 4 is 0 Å². The van der Waals surface area contributed by atoms with Crippen LogP contribution in [0.5, 0.6) is 5.75 Å². The Morgan fingerprint density at radius 1 is 0.818 bits per heavy atom. The maximum atomic E-state index is 6.96. The van der Waals surface area contributed by atoms with E-state index < -0.39 is 11.6 Å². The van der Waals surface area contributed by atoms with Crippen molar-refractivity contribution in [3.63, 3.8) is 0 Å². The van der Waals surface area contributed by atoms with Gasteiger partial charge in [0.2, 0.25) is 11.6 Å². The highest BCUT2D eigenvalue weighted by Crippen LogP contribution is 2.64. The summed E-state index contributed by atoms with van der Waals surface area (Å²) in [6, 6.07) is 9.16. The van der Waals surface area contributed by atoms with Gasteiger partial charge in [-0.25, -0.2) is 0 Å². The maximum Gasteiger partial charge on any atom is 0.210 e. The third kappa shape index (κ3) is 3.65. The monoisotopic (exact) mass is 453 g/mol. The van der Waals surface area contributed by atoms with Crippen molar-refractivity contribution in [2.45, 2.75) is 113 Å². The summed E-state index contributed by atoms with van der Waals surface area (Å²) in [6.07, 6.45) is 15.2. The molecule has 2 N–H and O–H groups in total. The average Bonchev–Trinajstić information content (AvgIpc) is 3.18. The summed E-state index contributed by atoms with van der Waals surface area (Å²) in [4.78, 5) is 12.4. The molecule has 180 valence electrons. The van der Waals surface area contributed by atoms with E-state index in [9.17, 15) is 0 Å². The zero-order valence-electron chi connectivity index (χ0n) is 19.8. The normalized spacial score (nSPS) is 48.6. The Morgan fingerprint density at radius 2 is 1.52 bits per heavy atom. The molecule has 5 nitrogen and oxygen atoms in total. The molecule has 1 heterocycles. The predicted octanol–water partition coefficient (Wildman–Crippen LogP) is 5.82. The van der Waals surface area contributed by atoms with Crippen LogP contribution >= 0.6 is 0 Å². The van der Waals surface area contributed by atoms with Crippen LogP contribution in [0, 0.1) is 23.7 Å². The first-order valence-electron chi connectivity index (χ1n) is 13.7. The van der Waals surface area contributed by atoms with Gasteiger partial charge < -0.3 is 15.2 Å². The van der Waals surface area contributed by atoms with E-state index in [-0.39, 0.29) is 0 Å². The molecule has 6 aliphatic carbocycles. The Kier molecular flexibility index (Phi) is 5.09. The van der Waals surface area contributed by atoms with Crippen LogP contribution in [-0.4, -0.2) is 23.7 Å². The molecular formula is C28H39NO4. The molecule has 2 spiro atoms. The van der Waals surface area contributed by atoms with E-state index in [0.29, 0.717) is 29.9 Å². The summed E-state index contributed by atoms with van der Waals surface area (Å²) >= 11 is 0. The Morgan fingerprint density at radius 3 is 2.21 bits per heavy atom. The van der Waals surface area contributed by atoms with E-state index in [2.05, 4.69) is 24.3 Å². The summed E-state index contributed by atoms with van der Waals surface area (Å²) in [7, 11) is 0. The van der Waals surface area contributed by atoms with Gasteiger partial charge in [-0.3, -0.25) is 0 Å². The van der Waals surface area contributed by atoms with Gasteiger partial charge in [0, 0.05) is 30.7 Å². The summed E-state index contributed by atoms with van der Waals surface area (Å²) in [5.74, 6) is 3.24. The van der Waals surface area contributed by atoms with Crippen LogP contribution in [0.2, 0.25) is 0 Å². The van der Waals surface area contributed by atoms with Gasteiger partial charge in [-0.1, -0.05) is 12.1 Å². The molecule has 1 aromatic carbocycles. The molecule has 7 fully saturated rings. The van der Waals surface area contributed by atoms with Crippen molar-refractivity contribution in [1.29, 1.82) is 0 Å². The minimum atomic E-state index is -0.561. The van der Waals surface area contributed by atoms with E-state index >= 15 is 0 Å². The SMILES string of the molecule is NC1CCC(Oc2ccc([C@@H]3CCC[C@]4(C3)OOC3(O4)C4CC5CC(C4)CC3C5)cc2)CC1. The van der Waals surface area contributed by atoms with E-state index in [4.69, 9.17) is 25.0 Å². The molecule has 8 rings (SSSR count). The Labute approximate surface area is 197 Å². The third-order valence-electron chi connectivity index (χ3n) is 9.99. The Balaban J connectivity index is 1.03.